The minimum atomic E-state index is -0.762. The summed E-state index contributed by atoms with van der Waals surface area (Å²) in [6.45, 7) is 6.11. The number of nitrogens with zero attached hydrogens (tertiary/aromatic N) is 2. The third-order valence-corrected chi connectivity index (χ3v) is 3.60. The standard InChI is InChI=1S/C15H24N6O3/c1-4-5-6-16-13(23)14(24)18-11-7-10(3)20-21(11)15-17-9(2)8-12(22)19-15/h7,9,15,17H,4-6,8H2,1-3H3,(H,16,23)(H,18,24)(H,19,22). The third kappa shape index (κ3) is 4.54. The average Bonchev–Trinajstić information content (AvgIpc) is 2.87. The lowest BCUT2D eigenvalue weighted by Crippen LogP contribution is -2.52. The van der Waals surface area contributed by atoms with Crippen LogP contribution in [0.1, 0.15) is 45.1 Å². The van der Waals surface area contributed by atoms with Crippen LogP contribution in [-0.2, 0) is 14.4 Å². The molecule has 4 N–H and O–H groups in total. The molecule has 0 bridgehead atoms. The van der Waals surface area contributed by atoms with Crippen molar-refractivity contribution in [2.75, 3.05) is 11.9 Å². The molecule has 1 aliphatic rings. The fraction of sp³-hybridized carbons (Fsp3) is 0.600. The summed E-state index contributed by atoms with van der Waals surface area (Å²) < 4.78 is 1.46. The Balaban J connectivity index is 2.07. The van der Waals surface area contributed by atoms with E-state index in [0.29, 0.717) is 24.5 Å². The van der Waals surface area contributed by atoms with Gasteiger partial charge in [-0.1, -0.05) is 13.3 Å². The smallest absolute Gasteiger partial charge is 0.314 e. The molecule has 2 atom stereocenters. The zero-order valence-corrected chi connectivity index (χ0v) is 14.2. The molecule has 1 fully saturated rings. The molecule has 1 saturated heterocycles. The van der Waals surface area contributed by atoms with Crippen molar-refractivity contribution in [1.29, 1.82) is 0 Å². The minimum absolute atomic E-state index is 0.0193. The summed E-state index contributed by atoms with van der Waals surface area (Å²) >= 11 is 0. The fourth-order valence-corrected chi connectivity index (χ4v) is 2.43. The fourth-order valence-electron chi connectivity index (χ4n) is 2.43. The number of carbonyl (C=O) groups excluding carboxylic acids is 3. The molecule has 132 valence electrons. The second kappa shape index (κ2) is 7.91. The zero-order valence-electron chi connectivity index (χ0n) is 14.2. The van der Waals surface area contributed by atoms with Gasteiger partial charge in [0.2, 0.25) is 5.91 Å². The molecular weight excluding hydrogens is 312 g/mol. The molecule has 9 nitrogen and oxygen atoms in total. The van der Waals surface area contributed by atoms with Crippen LogP contribution in [0, 0.1) is 6.92 Å². The molecule has 2 unspecified atom stereocenters. The molecule has 0 radical (unpaired) electrons. The maximum Gasteiger partial charge on any atom is 0.314 e. The first kappa shape index (κ1) is 17.9. The molecule has 2 heterocycles. The number of aromatic nitrogens is 2. The Hall–Kier alpha value is -2.42. The summed E-state index contributed by atoms with van der Waals surface area (Å²) in [6.07, 6.45) is 1.54. The van der Waals surface area contributed by atoms with E-state index in [9.17, 15) is 14.4 Å². The van der Waals surface area contributed by atoms with Crippen molar-refractivity contribution < 1.29 is 14.4 Å². The molecule has 0 aromatic carbocycles. The quantitative estimate of drug-likeness (QED) is 0.446. The Labute approximate surface area is 140 Å². The summed E-state index contributed by atoms with van der Waals surface area (Å²) in [6, 6.07) is 1.62. The molecule has 0 aliphatic carbocycles. The van der Waals surface area contributed by atoms with Gasteiger partial charge in [0, 0.05) is 25.1 Å². The minimum Gasteiger partial charge on any atom is -0.348 e. The van der Waals surface area contributed by atoms with Gasteiger partial charge in [-0.2, -0.15) is 5.10 Å². The zero-order chi connectivity index (χ0) is 17.7. The van der Waals surface area contributed by atoms with Gasteiger partial charge < -0.3 is 16.0 Å². The van der Waals surface area contributed by atoms with E-state index in [1.165, 1.54) is 4.68 Å². The lowest BCUT2D eigenvalue weighted by molar-refractivity contribution is -0.136. The highest BCUT2D eigenvalue weighted by Crippen LogP contribution is 2.17. The number of nitrogens with one attached hydrogen (secondary N) is 4. The highest BCUT2D eigenvalue weighted by molar-refractivity contribution is 6.39. The maximum absolute atomic E-state index is 12.0. The van der Waals surface area contributed by atoms with E-state index < -0.39 is 18.1 Å². The first-order valence-electron chi connectivity index (χ1n) is 8.11. The number of anilines is 1. The Morgan fingerprint density at radius 2 is 2.17 bits per heavy atom. The van der Waals surface area contributed by atoms with Crippen LogP contribution in [-0.4, -0.2) is 40.1 Å². The van der Waals surface area contributed by atoms with Crippen molar-refractivity contribution in [1.82, 2.24) is 25.7 Å². The molecule has 1 aromatic heterocycles. The van der Waals surface area contributed by atoms with E-state index in [-0.39, 0.29) is 11.9 Å². The molecule has 1 aromatic rings. The molecule has 3 amide bonds. The summed E-state index contributed by atoms with van der Waals surface area (Å²) in [7, 11) is 0. The summed E-state index contributed by atoms with van der Waals surface area (Å²) in [5, 5.41) is 15.3. The Morgan fingerprint density at radius 1 is 1.42 bits per heavy atom. The van der Waals surface area contributed by atoms with Gasteiger partial charge in [-0.05, 0) is 20.3 Å². The highest BCUT2D eigenvalue weighted by Gasteiger charge is 2.27. The van der Waals surface area contributed by atoms with E-state index >= 15 is 0 Å². The lowest BCUT2D eigenvalue weighted by atomic mass is 10.2. The second-order valence-electron chi connectivity index (χ2n) is 5.92. The van der Waals surface area contributed by atoms with E-state index in [1.54, 1.807) is 13.0 Å². The van der Waals surface area contributed by atoms with Crippen molar-refractivity contribution in [2.24, 2.45) is 0 Å². The van der Waals surface area contributed by atoms with Gasteiger partial charge in [-0.25, -0.2) is 4.68 Å². The number of amides is 3. The molecule has 0 saturated carbocycles. The third-order valence-electron chi connectivity index (χ3n) is 3.60. The van der Waals surface area contributed by atoms with Gasteiger partial charge >= 0.3 is 11.8 Å². The Morgan fingerprint density at radius 3 is 2.83 bits per heavy atom. The topological polar surface area (TPSA) is 117 Å². The summed E-state index contributed by atoms with van der Waals surface area (Å²) in [4.78, 5) is 35.5. The van der Waals surface area contributed by atoms with E-state index in [0.717, 1.165) is 12.8 Å². The molecular formula is C15H24N6O3. The van der Waals surface area contributed by atoms with Gasteiger partial charge in [0.1, 0.15) is 5.82 Å². The predicted molar refractivity (Wildman–Crippen MR) is 87.9 cm³/mol. The Bertz CT molecular complexity index is 627. The van der Waals surface area contributed by atoms with E-state index in [4.69, 9.17) is 0 Å². The van der Waals surface area contributed by atoms with Crippen LogP contribution in [0.2, 0.25) is 0 Å². The average molecular weight is 336 g/mol. The summed E-state index contributed by atoms with van der Waals surface area (Å²) in [5.74, 6) is -1.21. The number of aryl methyl sites for hydroxylation is 1. The number of rotatable bonds is 5. The van der Waals surface area contributed by atoms with Gasteiger partial charge in [0.15, 0.2) is 6.29 Å². The Kier molecular flexibility index (Phi) is 5.91. The van der Waals surface area contributed by atoms with Crippen molar-refractivity contribution >= 4 is 23.5 Å². The largest absolute Gasteiger partial charge is 0.348 e. The monoisotopic (exact) mass is 336 g/mol. The first-order chi connectivity index (χ1) is 11.4. The number of carbonyl (C=O) groups is 3. The second-order valence-corrected chi connectivity index (χ2v) is 5.92. The van der Waals surface area contributed by atoms with E-state index in [1.807, 2.05) is 13.8 Å². The van der Waals surface area contributed by atoms with Crippen LogP contribution in [0.4, 0.5) is 5.82 Å². The van der Waals surface area contributed by atoms with Crippen molar-refractivity contribution in [2.45, 2.75) is 52.4 Å². The first-order valence-corrected chi connectivity index (χ1v) is 8.11. The van der Waals surface area contributed by atoms with Crippen LogP contribution in [0.5, 0.6) is 0 Å². The predicted octanol–water partition coefficient (Wildman–Crippen LogP) is 0.000420. The molecule has 24 heavy (non-hydrogen) atoms. The molecule has 2 rings (SSSR count). The molecule has 9 heteroatoms. The van der Waals surface area contributed by atoms with Crippen molar-refractivity contribution in [3.05, 3.63) is 11.8 Å². The van der Waals surface area contributed by atoms with Crippen molar-refractivity contribution in [3.8, 4) is 0 Å². The normalized spacial score (nSPS) is 20.4. The number of unbranched alkanes of at least 4 members (excludes halogenated alkanes) is 1. The van der Waals surface area contributed by atoms with Crippen LogP contribution in [0.15, 0.2) is 6.07 Å². The van der Waals surface area contributed by atoms with E-state index in [2.05, 4.69) is 26.4 Å². The number of hydrogen-bond donors (Lipinski definition) is 4. The molecule has 0 spiro atoms. The van der Waals surface area contributed by atoms with Gasteiger partial charge in [-0.3, -0.25) is 19.7 Å². The summed E-state index contributed by atoms with van der Waals surface area (Å²) in [5.41, 5.74) is 0.658. The van der Waals surface area contributed by atoms with Crippen molar-refractivity contribution in [3.63, 3.8) is 0 Å². The van der Waals surface area contributed by atoms with Crippen LogP contribution >= 0.6 is 0 Å². The van der Waals surface area contributed by atoms with Crippen LogP contribution < -0.4 is 21.3 Å². The SMILES string of the molecule is CCCCNC(=O)C(=O)Nc1cc(C)nn1C1NC(=O)CC(C)N1. The van der Waals surface area contributed by atoms with Gasteiger partial charge in [0.25, 0.3) is 0 Å². The highest BCUT2D eigenvalue weighted by atomic mass is 16.2. The van der Waals surface area contributed by atoms with Gasteiger partial charge in [-0.15, -0.1) is 0 Å². The lowest BCUT2D eigenvalue weighted by Gasteiger charge is -2.30. The van der Waals surface area contributed by atoms with Crippen LogP contribution in [0.3, 0.4) is 0 Å². The van der Waals surface area contributed by atoms with Gasteiger partial charge in [0.05, 0.1) is 5.69 Å². The van der Waals surface area contributed by atoms with Crippen LogP contribution in [0.25, 0.3) is 0 Å². The maximum atomic E-state index is 12.0. The molecule has 1 aliphatic heterocycles. The number of hydrogen-bond acceptors (Lipinski definition) is 5.